The molecule has 0 fully saturated rings. The summed E-state index contributed by atoms with van der Waals surface area (Å²) >= 11 is 12.2. The van der Waals surface area contributed by atoms with Crippen molar-refractivity contribution in [1.82, 2.24) is 0 Å². The second-order valence-electron chi connectivity index (χ2n) is 7.39. The van der Waals surface area contributed by atoms with Crippen LogP contribution in [0, 0.1) is 0 Å². The molecule has 0 heterocycles. The first kappa shape index (κ1) is 24.9. The Bertz CT molecular complexity index is 1210. The van der Waals surface area contributed by atoms with E-state index in [1.54, 1.807) is 38.5 Å². The van der Waals surface area contributed by atoms with E-state index in [4.69, 9.17) is 55.6 Å². The summed E-state index contributed by atoms with van der Waals surface area (Å²) in [7, 11) is 3.19. The van der Waals surface area contributed by atoms with Crippen molar-refractivity contribution in [3.8, 4) is 33.8 Å². The van der Waals surface area contributed by atoms with Gasteiger partial charge in [-0.15, -0.1) is 0 Å². The Morgan fingerprint density at radius 3 is 1.24 bits per heavy atom. The molecular formula is C26H26Cl2N4O2. The van der Waals surface area contributed by atoms with Gasteiger partial charge >= 0.3 is 0 Å². The second-order valence-corrected chi connectivity index (χ2v) is 8.21. The highest BCUT2D eigenvalue weighted by molar-refractivity contribution is 6.36. The maximum absolute atomic E-state index is 6.11. The number of rotatable bonds is 4. The van der Waals surface area contributed by atoms with Crippen molar-refractivity contribution >= 4 is 46.0 Å². The summed E-state index contributed by atoms with van der Waals surface area (Å²) in [5.74, 6) is 1.31. The third-order valence-corrected chi connectivity index (χ3v) is 5.70. The topological polar surface area (TPSA) is 123 Å². The first-order chi connectivity index (χ1) is 16.2. The fourth-order valence-electron chi connectivity index (χ4n) is 3.28. The second kappa shape index (κ2) is 10.9. The molecule has 0 radical (unpaired) electrons. The Labute approximate surface area is 209 Å². The van der Waals surface area contributed by atoms with Crippen LogP contribution in [0.2, 0.25) is 10.0 Å². The summed E-state index contributed by atoms with van der Waals surface area (Å²) in [5.41, 5.74) is 29.0. The van der Waals surface area contributed by atoms with Crippen molar-refractivity contribution in [2.24, 2.45) is 0 Å². The molecule has 0 bridgehead atoms. The quantitative estimate of drug-likeness (QED) is 0.243. The predicted molar refractivity (Wildman–Crippen MR) is 145 cm³/mol. The molecule has 0 aliphatic carbocycles. The van der Waals surface area contributed by atoms with Crippen molar-refractivity contribution in [1.29, 1.82) is 0 Å². The van der Waals surface area contributed by atoms with Crippen molar-refractivity contribution in [2.45, 2.75) is 0 Å². The van der Waals surface area contributed by atoms with Crippen molar-refractivity contribution in [2.75, 3.05) is 37.2 Å². The van der Waals surface area contributed by atoms with E-state index in [-0.39, 0.29) is 0 Å². The van der Waals surface area contributed by atoms with Crippen LogP contribution in [-0.4, -0.2) is 14.2 Å². The normalized spacial score (nSPS) is 10.2. The Morgan fingerprint density at radius 1 is 0.529 bits per heavy atom. The van der Waals surface area contributed by atoms with Gasteiger partial charge in [0.2, 0.25) is 0 Å². The van der Waals surface area contributed by atoms with Crippen LogP contribution in [-0.2, 0) is 0 Å². The predicted octanol–water partition coefficient (Wildman–Crippen LogP) is 6.36. The highest BCUT2D eigenvalue weighted by Crippen LogP contribution is 2.35. The van der Waals surface area contributed by atoms with Gasteiger partial charge in [0.1, 0.15) is 11.5 Å². The van der Waals surface area contributed by atoms with Gasteiger partial charge in [0, 0.05) is 22.5 Å². The minimum atomic E-state index is 0.576. The molecule has 0 saturated carbocycles. The summed E-state index contributed by atoms with van der Waals surface area (Å²) in [6.07, 6.45) is 0. The van der Waals surface area contributed by atoms with Crippen LogP contribution < -0.4 is 32.4 Å². The van der Waals surface area contributed by atoms with E-state index < -0.39 is 0 Å². The summed E-state index contributed by atoms with van der Waals surface area (Å²) in [4.78, 5) is 0. The summed E-state index contributed by atoms with van der Waals surface area (Å²) in [5, 5.41) is 1.15. The highest BCUT2D eigenvalue weighted by Gasteiger charge is 2.08. The largest absolute Gasteiger partial charge is 0.495 e. The molecule has 0 unspecified atom stereocenters. The van der Waals surface area contributed by atoms with Crippen LogP contribution in [0.5, 0.6) is 11.5 Å². The zero-order valence-corrected chi connectivity index (χ0v) is 20.3. The SMILES string of the molecule is COc1cc(-c2ccc(N)c(OC)c2)ccc1N.Nc1ccc(-c2ccc(N)cc2Cl)c(Cl)c1. The molecule has 0 atom stereocenters. The number of hydrogen-bond donors (Lipinski definition) is 4. The third kappa shape index (κ3) is 5.78. The molecule has 4 aromatic rings. The molecule has 4 rings (SSSR count). The van der Waals surface area contributed by atoms with Gasteiger partial charge in [-0.05, 0) is 59.7 Å². The van der Waals surface area contributed by atoms with Gasteiger partial charge < -0.3 is 32.4 Å². The number of ether oxygens (including phenoxy) is 2. The minimum Gasteiger partial charge on any atom is -0.495 e. The van der Waals surface area contributed by atoms with Crippen LogP contribution in [0.15, 0.2) is 72.8 Å². The maximum atomic E-state index is 6.11. The number of nitrogen functional groups attached to an aromatic ring is 4. The van der Waals surface area contributed by atoms with Crippen LogP contribution in [0.3, 0.4) is 0 Å². The van der Waals surface area contributed by atoms with Gasteiger partial charge in [-0.3, -0.25) is 0 Å². The first-order valence-corrected chi connectivity index (χ1v) is 11.0. The van der Waals surface area contributed by atoms with E-state index in [0.717, 1.165) is 22.3 Å². The molecule has 0 spiro atoms. The van der Waals surface area contributed by atoms with Gasteiger partial charge in [0.05, 0.1) is 35.6 Å². The Hall–Kier alpha value is -3.74. The summed E-state index contributed by atoms with van der Waals surface area (Å²) in [6.45, 7) is 0. The molecule has 0 amide bonds. The van der Waals surface area contributed by atoms with E-state index in [9.17, 15) is 0 Å². The molecule has 8 heteroatoms. The molecule has 0 saturated heterocycles. The number of anilines is 4. The van der Waals surface area contributed by atoms with E-state index in [1.165, 1.54) is 0 Å². The average molecular weight is 497 g/mol. The van der Waals surface area contributed by atoms with Crippen LogP contribution >= 0.6 is 23.2 Å². The van der Waals surface area contributed by atoms with E-state index in [0.29, 0.717) is 44.3 Å². The molecule has 176 valence electrons. The monoisotopic (exact) mass is 496 g/mol. The zero-order chi connectivity index (χ0) is 24.8. The van der Waals surface area contributed by atoms with Crippen molar-refractivity contribution in [3.63, 3.8) is 0 Å². The Kier molecular flexibility index (Phi) is 7.99. The number of halogens is 2. The molecule has 34 heavy (non-hydrogen) atoms. The van der Waals surface area contributed by atoms with Gasteiger partial charge in [-0.25, -0.2) is 0 Å². The Morgan fingerprint density at radius 2 is 0.912 bits per heavy atom. The lowest BCUT2D eigenvalue weighted by atomic mass is 10.0. The standard InChI is InChI=1S/C14H16N2O2.C12H10Cl2N2/c1-17-13-7-9(3-5-11(13)15)10-4-6-12(16)14(8-10)18-2;13-11-5-7(15)1-3-9(11)10-4-2-8(16)6-12(10)14/h3-8H,15-16H2,1-2H3;1-6H,15-16H2. The van der Waals surface area contributed by atoms with Gasteiger partial charge in [0.15, 0.2) is 0 Å². The average Bonchev–Trinajstić information content (AvgIpc) is 2.81. The molecule has 0 aliphatic rings. The molecule has 0 aromatic heterocycles. The van der Waals surface area contributed by atoms with E-state index >= 15 is 0 Å². The van der Waals surface area contributed by atoms with Gasteiger partial charge in [0.25, 0.3) is 0 Å². The lowest BCUT2D eigenvalue weighted by molar-refractivity contribution is 0.416. The minimum absolute atomic E-state index is 0.576. The molecular weight excluding hydrogens is 471 g/mol. The fraction of sp³-hybridized carbons (Fsp3) is 0.0769. The van der Waals surface area contributed by atoms with E-state index in [1.807, 2.05) is 48.5 Å². The fourth-order valence-corrected chi connectivity index (χ4v) is 3.86. The van der Waals surface area contributed by atoms with Crippen LogP contribution in [0.25, 0.3) is 22.3 Å². The lowest BCUT2D eigenvalue weighted by Gasteiger charge is -2.10. The number of nitrogens with two attached hydrogens (primary N) is 4. The molecule has 6 nitrogen and oxygen atoms in total. The van der Waals surface area contributed by atoms with Gasteiger partial charge in [-0.1, -0.05) is 47.5 Å². The lowest BCUT2D eigenvalue weighted by Crippen LogP contribution is -1.94. The third-order valence-electron chi connectivity index (χ3n) is 5.08. The van der Waals surface area contributed by atoms with Crippen molar-refractivity contribution < 1.29 is 9.47 Å². The molecule has 4 aromatic carbocycles. The van der Waals surface area contributed by atoms with Crippen LogP contribution in [0.1, 0.15) is 0 Å². The number of benzene rings is 4. The molecule has 8 N–H and O–H groups in total. The zero-order valence-electron chi connectivity index (χ0n) is 18.8. The maximum Gasteiger partial charge on any atom is 0.142 e. The first-order valence-electron chi connectivity index (χ1n) is 10.2. The summed E-state index contributed by atoms with van der Waals surface area (Å²) in [6, 6.07) is 21.9. The number of methoxy groups -OCH3 is 2. The van der Waals surface area contributed by atoms with Gasteiger partial charge in [-0.2, -0.15) is 0 Å². The van der Waals surface area contributed by atoms with Crippen molar-refractivity contribution in [3.05, 3.63) is 82.8 Å². The van der Waals surface area contributed by atoms with Crippen LogP contribution in [0.4, 0.5) is 22.7 Å². The highest BCUT2D eigenvalue weighted by atomic mass is 35.5. The summed E-state index contributed by atoms with van der Waals surface area (Å²) < 4.78 is 10.4. The van der Waals surface area contributed by atoms with E-state index in [2.05, 4.69) is 0 Å². The smallest absolute Gasteiger partial charge is 0.142 e. The molecule has 0 aliphatic heterocycles. The Balaban J connectivity index is 0.000000192. The number of hydrogen-bond acceptors (Lipinski definition) is 6.